The third-order valence-electron chi connectivity index (χ3n) is 5.97. The van der Waals surface area contributed by atoms with E-state index >= 15 is 0 Å². The van der Waals surface area contributed by atoms with E-state index in [1.54, 1.807) is 6.33 Å². The van der Waals surface area contributed by atoms with Crippen LogP contribution in [0.1, 0.15) is 45.9 Å². The molecular weight excluding hydrogens is 370 g/mol. The molecule has 28 heavy (non-hydrogen) atoms. The van der Waals surface area contributed by atoms with Gasteiger partial charge < -0.3 is 10.2 Å². The van der Waals surface area contributed by atoms with Gasteiger partial charge in [-0.1, -0.05) is 6.07 Å². The molecule has 144 valence electrons. The van der Waals surface area contributed by atoms with Crippen LogP contribution in [0.4, 0.5) is 5.82 Å². The summed E-state index contributed by atoms with van der Waals surface area (Å²) in [5.41, 5.74) is 2.93. The fourth-order valence-electron chi connectivity index (χ4n) is 4.59. The van der Waals surface area contributed by atoms with Crippen LogP contribution in [0.25, 0.3) is 10.2 Å². The molecule has 1 saturated carbocycles. The smallest absolute Gasteiger partial charge is 0.264 e. The molecule has 1 N–H and O–H groups in total. The standard InChI is InChI=1S/C21H23N5OS/c1-12-4-3-5-15(25-12)9-22-19-17-13(2)18(28-20(17)24-11-23-19)21(27)26-10-14-6-7-16(26)8-14/h3-5,11,14,16H,6-10H2,1-2H3,(H,22,23,24)/t14-,16-/m1/s1. The topological polar surface area (TPSA) is 71.0 Å². The highest BCUT2D eigenvalue weighted by molar-refractivity contribution is 7.20. The molecule has 0 unspecified atom stereocenters. The van der Waals surface area contributed by atoms with Crippen LogP contribution in [-0.2, 0) is 6.54 Å². The molecular formula is C21H23N5OS. The van der Waals surface area contributed by atoms with Crippen LogP contribution in [0.3, 0.4) is 0 Å². The zero-order valence-corrected chi connectivity index (χ0v) is 16.9. The van der Waals surface area contributed by atoms with Crippen molar-refractivity contribution in [2.75, 3.05) is 11.9 Å². The van der Waals surface area contributed by atoms with Gasteiger partial charge in [-0.05, 0) is 56.7 Å². The maximum atomic E-state index is 13.2. The van der Waals surface area contributed by atoms with Gasteiger partial charge in [0, 0.05) is 18.3 Å². The van der Waals surface area contributed by atoms with Crippen molar-refractivity contribution in [1.29, 1.82) is 0 Å². The highest BCUT2D eigenvalue weighted by Gasteiger charge is 2.41. The van der Waals surface area contributed by atoms with E-state index in [1.165, 1.54) is 24.2 Å². The first kappa shape index (κ1) is 17.6. The lowest BCUT2D eigenvalue weighted by molar-refractivity contribution is 0.0708. The molecule has 2 bridgehead atoms. The molecule has 0 spiro atoms. The van der Waals surface area contributed by atoms with Gasteiger partial charge in [0.2, 0.25) is 0 Å². The van der Waals surface area contributed by atoms with E-state index in [2.05, 4.69) is 25.2 Å². The summed E-state index contributed by atoms with van der Waals surface area (Å²) in [4.78, 5) is 30.4. The summed E-state index contributed by atoms with van der Waals surface area (Å²) in [5.74, 6) is 1.63. The molecule has 1 saturated heterocycles. The summed E-state index contributed by atoms with van der Waals surface area (Å²) in [5, 5.41) is 4.34. The number of amides is 1. The van der Waals surface area contributed by atoms with Crippen LogP contribution in [-0.4, -0.2) is 38.3 Å². The summed E-state index contributed by atoms with van der Waals surface area (Å²) in [6, 6.07) is 6.41. The van der Waals surface area contributed by atoms with Crippen LogP contribution in [0.2, 0.25) is 0 Å². The molecule has 0 radical (unpaired) electrons. The van der Waals surface area contributed by atoms with Crippen LogP contribution in [0, 0.1) is 19.8 Å². The number of piperidine rings is 1. The molecule has 4 heterocycles. The van der Waals surface area contributed by atoms with Gasteiger partial charge in [0.05, 0.1) is 22.5 Å². The van der Waals surface area contributed by atoms with Crippen molar-refractivity contribution in [1.82, 2.24) is 19.9 Å². The molecule has 2 aliphatic rings. The summed E-state index contributed by atoms with van der Waals surface area (Å²) >= 11 is 1.49. The number of aromatic nitrogens is 3. The number of hydrogen-bond donors (Lipinski definition) is 1. The van der Waals surface area contributed by atoms with Gasteiger partial charge in [-0.25, -0.2) is 9.97 Å². The molecule has 3 aromatic rings. The predicted molar refractivity (Wildman–Crippen MR) is 111 cm³/mol. The molecule has 1 aliphatic carbocycles. The minimum Gasteiger partial charge on any atom is -0.364 e. The Morgan fingerprint density at radius 2 is 2.18 bits per heavy atom. The predicted octanol–water partition coefficient (Wildman–Crippen LogP) is 3.94. The minimum absolute atomic E-state index is 0.166. The fourth-order valence-corrected chi connectivity index (χ4v) is 5.69. The molecule has 3 aromatic heterocycles. The number of carbonyl (C=O) groups is 1. The number of likely N-dealkylation sites (tertiary alicyclic amines) is 1. The van der Waals surface area contributed by atoms with Crippen molar-refractivity contribution in [3.63, 3.8) is 0 Å². The molecule has 5 rings (SSSR count). The number of fused-ring (bicyclic) bond motifs is 3. The first-order valence-corrected chi connectivity index (χ1v) is 10.6. The first-order chi connectivity index (χ1) is 13.6. The lowest BCUT2D eigenvalue weighted by Crippen LogP contribution is -2.37. The Balaban J connectivity index is 1.44. The molecule has 0 aromatic carbocycles. The second kappa shape index (κ2) is 6.81. The number of hydrogen-bond acceptors (Lipinski definition) is 6. The van der Waals surface area contributed by atoms with Crippen LogP contribution < -0.4 is 5.32 Å². The summed E-state index contributed by atoms with van der Waals surface area (Å²) < 4.78 is 0. The van der Waals surface area contributed by atoms with Crippen molar-refractivity contribution in [2.24, 2.45) is 5.92 Å². The number of thiophene rings is 1. The van der Waals surface area contributed by atoms with Crippen molar-refractivity contribution < 1.29 is 4.79 Å². The van der Waals surface area contributed by atoms with Crippen LogP contribution >= 0.6 is 11.3 Å². The molecule has 6 nitrogen and oxygen atoms in total. The first-order valence-electron chi connectivity index (χ1n) is 9.81. The third kappa shape index (κ3) is 2.94. The zero-order chi connectivity index (χ0) is 19.3. The molecule has 7 heteroatoms. The Bertz CT molecular complexity index is 1060. The van der Waals surface area contributed by atoms with E-state index in [0.29, 0.717) is 18.5 Å². The molecule has 1 aliphatic heterocycles. The Hall–Kier alpha value is -2.54. The fraction of sp³-hybridized carbons (Fsp3) is 0.429. The van der Waals surface area contributed by atoms with E-state index in [9.17, 15) is 4.79 Å². The summed E-state index contributed by atoms with van der Waals surface area (Å²) in [7, 11) is 0. The normalized spacial score (nSPS) is 20.9. The number of pyridine rings is 1. The Morgan fingerprint density at radius 1 is 1.29 bits per heavy atom. The Labute approximate surface area is 168 Å². The number of rotatable bonds is 4. The quantitative estimate of drug-likeness (QED) is 0.727. The van der Waals surface area contributed by atoms with Gasteiger partial charge in [-0.15, -0.1) is 11.3 Å². The van der Waals surface area contributed by atoms with Gasteiger partial charge in [0.15, 0.2) is 0 Å². The van der Waals surface area contributed by atoms with Crippen LogP contribution in [0.15, 0.2) is 24.5 Å². The summed E-state index contributed by atoms with van der Waals surface area (Å²) in [6.45, 7) is 5.49. The van der Waals surface area contributed by atoms with E-state index in [1.807, 2.05) is 32.0 Å². The number of anilines is 1. The maximum absolute atomic E-state index is 13.2. The van der Waals surface area contributed by atoms with Crippen molar-refractivity contribution in [3.8, 4) is 0 Å². The highest BCUT2D eigenvalue weighted by atomic mass is 32.1. The largest absolute Gasteiger partial charge is 0.364 e. The van der Waals surface area contributed by atoms with Crippen molar-refractivity contribution in [3.05, 3.63) is 46.4 Å². The van der Waals surface area contributed by atoms with Gasteiger partial charge in [0.25, 0.3) is 5.91 Å². The number of nitrogens with zero attached hydrogens (tertiary/aromatic N) is 4. The van der Waals surface area contributed by atoms with Gasteiger partial charge in [-0.3, -0.25) is 9.78 Å². The average molecular weight is 394 g/mol. The average Bonchev–Trinajstić information content (AvgIpc) is 3.41. The highest BCUT2D eigenvalue weighted by Crippen LogP contribution is 2.40. The lowest BCUT2D eigenvalue weighted by atomic mass is 10.1. The molecule has 2 fully saturated rings. The number of carbonyl (C=O) groups excluding carboxylic acids is 1. The van der Waals surface area contributed by atoms with Crippen LogP contribution in [0.5, 0.6) is 0 Å². The molecule has 2 atom stereocenters. The SMILES string of the molecule is Cc1cccc(CNc2ncnc3sc(C(=O)N4C[C@@H]5CC[C@@H]4C5)c(C)c23)n1. The minimum atomic E-state index is 0.166. The monoisotopic (exact) mass is 393 g/mol. The van der Waals surface area contributed by atoms with Gasteiger partial charge in [0.1, 0.15) is 17.0 Å². The van der Waals surface area contributed by atoms with Gasteiger partial charge >= 0.3 is 0 Å². The number of aryl methyl sites for hydroxylation is 2. The lowest BCUT2D eigenvalue weighted by Gasteiger charge is -2.26. The van der Waals surface area contributed by atoms with Crippen molar-refractivity contribution in [2.45, 2.75) is 45.7 Å². The van der Waals surface area contributed by atoms with E-state index in [-0.39, 0.29) is 5.91 Å². The van der Waals surface area contributed by atoms with Gasteiger partial charge in [-0.2, -0.15) is 0 Å². The molecule has 1 amide bonds. The van der Waals surface area contributed by atoms with Crippen molar-refractivity contribution >= 4 is 33.3 Å². The second-order valence-corrected chi connectivity index (χ2v) is 8.87. The second-order valence-electron chi connectivity index (χ2n) is 7.87. The van der Waals surface area contributed by atoms with E-state index < -0.39 is 0 Å². The van der Waals surface area contributed by atoms with E-state index in [4.69, 9.17) is 0 Å². The Morgan fingerprint density at radius 3 is 2.93 bits per heavy atom. The summed E-state index contributed by atoms with van der Waals surface area (Å²) in [6.07, 6.45) is 5.16. The zero-order valence-electron chi connectivity index (χ0n) is 16.1. The number of nitrogens with one attached hydrogen (secondary N) is 1. The van der Waals surface area contributed by atoms with E-state index in [0.717, 1.165) is 50.8 Å². The maximum Gasteiger partial charge on any atom is 0.264 e. The Kier molecular flexibility index (Phi) is 4.27. The third-order valence-corrected chi connectivity index (χ3v) is 7.16.